The van der Waals surface area contributed by atoms with Crippen LogP contribution in [0.3, 0.4) is 0 Å². The van der Waals surface area contributed by atoms with Gasteiger partial charge in [-0.15, -0.1) is 0 Å². The average molecular weight is 321 g/mol. The van der Waals surface area contributed by atoms with E-state index in [1.807, 2.05) is 24.3 Å². The molecule has 7 nitrogen and oxygen atoms in total. The molecule has 4 N–H and O–H groups in total. The van der Waals surface area contributed by atoms with Gasteiger partial charge in [-0.1, -0.05) is 18.2 Å². The third-order valence-electron chi connectivity index (χ3n) is 3.82. The van der Waals surface area contributed by atoms with Gasteiger partial charge in [0.2, 0.25) is 5.91 Å². The third-order valence-corrected chi connectivity index (χ3v) is 3.82. The summed E-state index contributed by atoms with van der Waals surface area (Å²) in [4.78, 5) is 24.5. The number of ether oxygens (including phenoxy) is 1. The van der Waals surface area contributed by atoms with Gasteiger partial charge in [0.15, 0.2) is 0 Å². The van der Waals surface area contributed by atoms with Crippen molar-refractivity contribution in [3.05, 3.63) is 29.8 Å². The summed E-state index contributed by atoms with van der Waals surface area (Å²) < 4.78 is 5.34. The highest BCUT2D eigenvalue weighted by Gasteiger charge is 2.20. The number of carbonyl (C=O) groups excluding carboxylic acids is 1. The number of carboxylic acids is 1. The lowest BCUT2D eigenvalue weighted by Crippen LogP contribution is -2.36. The Morgan fingerprint density at radius 1 is 1.30 bits per heavy atom. The van der Waals surface area contributed by atoms with Crippen LogP contribution < -0.4 is 11.1 Å². The number of aliphatic carboxylic acids is 1. The van der Waals surface area contributed by atoms with Gasteiger partial charge in [-0.3, -0.25) is 9.69 Å². The molecule has 0 spiro atoms. The Labute approximate surface area is 135 Å². The van der Waals surface area contributed by atoms with Crippen LogP contribution in [0.4, 0.5) is 5.69 Å². The molecule has 0 unspecified atom stereocenters. The first-order chi connectivity index (χ1) is 11.1. The van der Waals surface area contributed by atoms with E-state index in [0.29, 0.717) is 13.2 Å². The molecule has 23 heavy (non-hydrogen) atoms. The molecule has 0 radical (unpaired) electrons. The lowest BCUT2D eigenvalue weighted by molar-refractivity contribution is -0.138. The minimum Gasteiger partial charge on any atom is -0.480 e. The number of benzene rings is 1. The van der Waals surface area contributed by atoms with Crippen LogP contribution in [0.2, 0.25) is 0 Å². The zero-order valence-corrected chi connectivity index (χ0v) is 13.0. The summed E-state index contributed by atoms with van der Waals surface area (Å²) in [6, 6.07) is 6.78. The zero-order valence-electron chi connectivity index (χ0n) is 13.0. The smallest absolute Gasteiger partial charge is 0.326 e. The summed E-state index contributed by atoms with van der Waals surface area (Å²) in [6.45, 7) is 3.88. The lowest BCUT2D eigenvalue weighted by atomic mass is 10.1. The van der Waals surface area contributed by atoms with E-state index in [1.54, 1.807) is 0 Å². The van der Waals surface area contributed by atoms with E-state index in [9.17, 15) is 14.7 Å². The number of morpholine rings is 1. The molecular weight excluding hydrogens is 298 g/mol. The van der Waals surface area contributed by atoms with Crippen molar-refractivity contribution >= 4 is 17.6 Å². The van der Waals surface area contributed by atoms with E-state index in [2.05, 4.69) is 10.2 Å². The molecule has 1 amide bonds. The molecule has 0 aromatic heterocycles. The van der Waals surface area contributed by atoms with Gasteiger partial charge < -0.3 is 20.9 Å². The topological polar surface area (TPSA) is 105 Å². The van der Waals surface area contributed by atoms with Crippen LogP contribution in [0.1, 0.15) is 18.4 Å². The predicted octanol–water partition coefficient (Wildman–Crippen LogP) is 0.649. The number of para-hydroxylation sites is 1. The van der Waals surface area contributed by atoms with E-state index in [1.165, 1.54) is 0 Å². The van der Waals surface area contributed by atoms with Gasteiger partial charge in [0.05, 0.1) is 13.2 Å². The number of amides is 1. The largest absolute Gasteiger partial charge is 0.480 e. The second-order valence-electron chi connectivity index (χ2n) is 5.59. The first-order valence-corrected chi connectivity index (χ1v) is 7.72. The number of hydrogen-bond donors (Lipinski definition) is 3. The Morgan fingerprint density at radius 3 is 2.65 bits per heavy atom. The van der Waals surface area contributed by atoms with E-state index >= 15 is 0 Å². The van der Waals surface area contributed by atoms with Gasteiger partial charge in [0, 0.05) is 31.7 Å². The van der Waals surface area contributed by atoms with Crippen molar-refractivity contribution in [3.8, 4) is 0 Å². The van der Waals surface area contributed by atoms with Crippen LogP contribution in [0.5, 0.6) is 0 Å². The second kappa shape index (κ2) is 8.50. The maximum absolute atomic E-state index is 11.4. The molecule has 1 heterocycles. The second-order valence-corrected chi connectivity index (χ2v) is 5.59. The minimum absolute atomic E-state index is 0.0373. The number of hydrogen-bond acceptors (Lipinski definition) is 5. The first kappa shape index (κ1) is 17.2. The van der Waals surface area contributed by atoms with Gasteiger partial charge in [-0.25, -0.2) is 4.79 Å². The van der Waals surface area contributed by atoms with Crippen molar-refractivity contribution in [2.24, 2.45) is 5.73 Å². The summed E-state index contributed by atoms with van der Waals surface area (Å²) >= 11 is 0. The number of nitrogens with one attached hydrogen (secondary N) is 1. The van der Waals surface area contributed by atoms with Crippen LogP contribution in [-0.4, -0.2) is 54.2 Å². The Morgan fingerprint density at radius 2 is 2.00 bits per heavy atom. The van der Waals surface area contributed by atoms with Gasteiger partial charge >= 0.3 is 5.97 Å². The number of nitrogens with zero attached hydrogens (tertiary/aromatic N) is 1. The highest BCUT2D eigenvalue weighted by molar-refractivity contribution is 5.80. The molecular formula is C16H23N3O4. The van der Waals surface area contributed by atoms with Gasteiger partial charge in [-0.2, -0.15) is 0 Å². The highest BCUT2D eigenvalue weighted by atomic mass is 16.5. The molecule has 1 aliphatic heterocycles. The third kappa shape index (κ3) is 5.54. The van der Waals surface area contributed by atoms with Crippen LogP contribution in [0.15, 0.2) is 24.3 Å². The fraction of sp³-hybridized carbons (Fsp3) is 0.500. The summed E-state index contributed by atoms with van der Waals surface area (Å²) in [5, 5.41) is 12.3. The quantitative estimate of drug-likeness (QED) is 0.649. The van der Waals surface area contributed by atoms with Gasteiger partial charge in [0.1, 0.15) is 6.04 Å². The van der Waals surface area contributed by atoms with Crippen molar-refractivity contribution < 1.29 is 19.4 Å². The molecule has 0 aliphatic carbocycles. The molecule has 2 rings (SSSR count). The Balaban J connectivity index is 2.05. The molecule has 1 aliphatic rings. The van der Waals surface area contributed by atoms with E-state index in [4.69, 9.17) is 10.5 Å². The maximum atomic E-state index is 11.4. The fourth-order valence-electron chi connectivity index (χ4n) is 2.53. The van der Waals surface area contributed by atoms with E-state index in [-0.39, 0.29) is 12.8 Å². The number of carboxylic acid groups (broad SMARTS) is 1. The molecule has 0 saturated carbocycles. The molecule has 1 saturated heterocycles. The molecule has 0 bridgehead atoms. The van der Waals surface area contributed by atoms with Crippen molar-refractivity contribution in [2.45, 2.75) is 25.4 Å². The Kier molecular flexibility index (Phi) is 6.37. The predicted molar refractivity (Wildman–Crippen MR) is 86.0 cm³/mol. The van der Waals surface area contributed by atoms with Gasteiger partial charge in [0.25, 0.3) is 0 Å². The molecule has 7 heteroatoms. The average Bonchev–Trinajstić information content (AvgIpc) is 2.53. The summed E-state index contributed by atoms with van der Waals surface area (Å²) in [6.07, 6.45) is 0.201. The fourth-order valence-corrected chi connectivity index (χ4v) is 2.53. The number of anilines is 1. The number of carbonyl (C=O) groups is 2. The maximum Gasteiger partial charge on any atom is 0.326 e. The van der Waals surface area contributed by atoms with Crippen LogP contribution in [0, 0.1) is 0 Å². The normalized spacial score (nSPS) is 16.7. The molecule has 1 aromatic carbocycles. The molecule has 1 aromatic rings. The standard InChI is InChI=1S/C16H23N3O4/c17-15(20)6-5-14(16(21)22)18-13-4-2-1-3-12(13)11-19-7-9-23-10-8-19/h1-4,14,18H,5-11H2,(H2,17,20)(H,21,22)/t14-/m0/s1. The zero-order chi connectivity index (χ0) is 16.7. The van der Waals surface area contributed by atoms with Crippen LogP contribution >= 0.6 is 0 Å². The summed E-state index contributed by atoms with van der Waals surface area (Å²) in [5.41, 5.74) is 6.91. The lowest BCUT2D eigenvalue weighted by Gasteiger charge is -2.28. The van der Waals surface area contributed by atoms with E-state index in [0.717, 1.165) is 30.9 Å². The minimum atomic E-state index is -0.993. The number of rotatable bonds is 8. The van der Waals surface area contributed by atoms with E-state index < -0.39 is 17.9 Å². The molecule has 1 fully saturated rings. The Bertz CT molecular complexity index is 544. The monoisotopic (exact) mass is 321 g/mol. The van der Waals surface area contributed by atoms with Crippen LogP contribution in [-0.2, 0) is 20.9 Å². The van der Waals surface area contributed by atoms with Gasteiger partial charge in [-0.05, 0) is 18.1 Å². The van der Waals surface area contributed by atoms with Crippen LogP contribution in [0.25, 0.3) is 0 Å². The van der Waals surface area contributed by atoms with Crippen molar-refractivity contribution in [1.82, 2.24) is 4.90 Å². The van der Waals surface area contributed by atoms with Crippen molar-refractivity contribution in [3.63, 3.8) is 0 Å². The molecule has 126 valence electrons. The summed E-state index contributed by atoms with van der Waals surface area (Å²) in [5.74, 6) is -1.49. The molecule has 1 atom stereocenters. The number of nitrogens with two attached hydrogens (primary N) is 1. The highest BCUT2D eigenvalue weighted by Crippen LogP contribution is 2.20. The summed E-state index contributed by atoms with van der Waals surface area (Å²) in [7, 11) is 0. The van der Waals surface area contributed by atoms with Crippen molar-refractivity contribution in [1.29, 1.82) is 0 Å². The Hall–Kier alpha value is -2.12. The SMILES string of the molecule is NC(=O)CC[C@H](Nc1ccccc1CN1CCOCC1)C(=O)O. The first-order valence-electron chi connectivity index (χ1n) is 7.72. The number of primary amides is 1. The van der Waals surface area contributed by atoms with Crippen molar-refractivity contribution in [2.75, 3.05) is 31.6 Å².